The fourth-order valence-electron chi connectivity index (χ4n) is 4.29. The van der Waals surface area contributed by atoms with Crippen molar-refractivity contribution in [3.8, 4) is 5.75 Å². The maximum atomic E-state index is 11.6. The first-order valence-electron chi connectivity index (χ1n) is 10.4. The lowest BCUT2D eigenvalue weighted by Gasteiger charge is -2.21. The van der Waals surface area contributed by atoms with Crippen LogP contribution in [0.1, 0.15) is 50.5 Å². The summed E-state index contributed by atoms with van der Waals surface area (Å²) in [5, 5.41) is 3.14. The molecule has 0 bridgehead atoms. The molecule has 1 heterocycles. The summed E-state index contributed by atoms with van der Waals surface area (Å²) in [7, 11) is 1.40. The van der Waals surface area contributed by atoms with Crippen LogP contribution in [0.25, 0.3) is 21.7 Å². The van der Waals surface area contributed by atoms with E-state index in [4.69, 9.17) is 13.9 Å². The minimum atomic E-state index is -0.266. The number of benzene rings is 2. The van der Waals surface area contributed by atoms with Crippen LogP contribution in [0.5, 0.6) is 5.75 Å². The smallest absolute Gasteiger partial charge is 0.310 e. The molecule has 1 fully saturated rings. The number of esters is 1. The number of methoxy groups -OCH3 is 1. The van der Waals surface area contributed by atoms with E-state index in [0.29, 0.717) is 0 Å². The quantitative estimate of drug-likeness (QED) is 0.370. The first-order valence-corrected chi connectivity index (χ1v) is 10.4. The molecule has 4 heteroatoms. The van der Waals surface area contributed by atoms with E-state index >= 15 is 0 Å². The fraction of sp³-hybridized carbons (Fsp3) is 0.458. The molecule has 0 spiro atoms. The molecule has 148 valence electrons. The Morgan fingerprint density at radius 3 is 2.79 bits per heavy atom. The lowest BCUT2D eigenvalue weighted by atomic mass is 9.86. The molecule has 3 aromatic rings. The van der Waals surface area contributed by atoms with Crippen LogP contribution in [0.4, 0.5) is 0 Å². The van der Waals surface area contributed by atoms with Crippen LogP contribution in [0, 0.1) is 5.92 Å². The van der Waals surface area contributed by atoms with E-state index in [-0.39, 0.29) is 12.4 Å². The average molecular weight is 380 g/mol. The molecule has 0 amide bonds. The van der Waals surface area contributed by atoms with Crippen molar-refractivity contribution < 1.29 is 18.7 Å². The molecule has 1 saturated carbocycles. The second-order valence-electron chi connectivity index (χ2n) is 7.87. The third-order valence-electron chi connectivity index (χ3n) is 5.90. The minimum absolute atomic E-state index is 0.215. The lowest BCUT2D eigenvalue weighted by Crippen LogP contribution is -2.08. The van der Waals surface area contributed by atoms with Crippen molar-refractivity contribution in [2.24, 2.45) is 5.92 Å². The molecule has 0 unspecified atom stereocenters. The van der Waals surface area contributed by atoms with Crippen molar-refractivity contribution in [3.63, 3.8) is 0 Å². The van der Waals surface area contributed by atoms with Crippen LogP contribution >= 0.6 is 0 Å². The monoisotopic (exact) mass is 380 g/mol. The van der Waals surface area contributed by atoms with Gasteiger partial charge in [-0.3, -0.25) is 4.79 Å². The molecule has 1 aliphatic carbocycles. The highest BCUT2D eigenvalue weighted by Crippen LogP contribution is 2.30. The lowest BCUT2D eigenvalue weighted by molar-refractivity contribution is -0.139. The molecule has 0 aliphatic heterocycles. The molecular formula is C24H28O4. The van der Waals surface area contributed by atoms with Gasteiger partial charge in [0.1, 0.15) is 11.3 Å². The summed E-state index contributed by atoms with van der Waals surface area (Å²) >= 11 is 0. The number of furan rings is 1. The van der Waals surface area contributed by atoms with Crippen molar-refractivity contribution in [3.05, 3.63) is 42.2 Å². The second-order valence-corrected chi connectivity index (χ2v) is 7.87. The van der Waals surface area contributed by atoms with Crippen molar-refractivity contribution in [2.45, 2.75) is 51.4 Å². The zero-order chi connectivity index (χ0) is 19.3. The van der Waals surface area contributed by atoms with E-state index in [1.165, 1.54) is 45.6 Å². The Bertz CT molecular complexity index is 950. The van der Waals surface area contributed by atoms with Crippen LogP contribution in [0.2, 0.25) is 0 Å². The summed E-state index contributed by atoms with van der Waals surface area (Å²) in [6.45, 7) is 0.767. The Hall–Kier alpha value is -2.49. The summed E-state index contributed by atoms with van der Waals surface area (Å²) in [4.78, 5) is 11.6. The Morgan fingerprint density at radius 2 is 1.96 bits per heavy atom. The van der Waals surface area contributed by atoms with Crippen molar-refractivity contribution in [1.82, 2.24) is 0 Å². The average Bonchev–Trinajstić information content (AvgIpc) is 3.11. The van der Waals surface area contributed by atoms with Gasteiger partial charge in [0.25, 0.3) is 0 Å². The topological polar surface area (TPSA) is 48.7 Å². The molecule has 4 nitrogen and oxygen atoms in total. The standard InChI is InChI=1S/C24H28O4/c1-26-24(25)15-20-16-28-23-14-18-9-10-21(12-19(18)13-22(20)23)27-11-5-8-17-6-3-2-4-7-17/h9-10,12-14,16-17H,2-8,11,15H2,1H3. The summed E-state index contributed by atoms with van der Waals surface area (Å²) in [5.74, 6) is 1.53. The normalized spacial score (nSPS) is 15.2. The molecule has 2 aromatic carbocycles. The fourth-order valence-corrected chi connectivity index (χ4v) is 4.29. The number of carbonyl (C=O) groups is 1. The predicted octanol–water partition coefficient (Wildman–Crippen LogP) is 6.04. The van der Waals surface area contributed by atoms with Gasteiger partial charge >= 0.3 is 5.97 Å². The third kappa shape index (κ3) is 4.32. The highest BCUT2D eigenvalue weighted by atomic mass is 16.5. The summed E-state index contributed by atoms with van der Waals surface area (Å²) in [6, 6.07) is 10.2. The van der Waals surface area contributed by atoms with E-state index in [0.717, 1.165) is 52.0 Å². The molecule has 1 aliphatic rings. The van der Waals surface area contributed by atoms with Crippen LogP contribution in [0.15, 0.2) is 41.0 Å². The van der Waals surface area contributed by atoms with E-state index in [1.807, 2.05) is 12.1 Å². The molecule has 0 saturated heterocycles. The van der Waals surface area contributed by atoms with Gasteiger partial charge in [-0.2, -0.15) is 0 Å². The van der Waals surface area contributed by atoms with Gasteiger partial charge in [0.05, 0.1) is 26.4 Å². The van der Waals surface area contributed by atoms with Crippen LogP contribution in [-0.2, 0) is 16.0 Å². The van der Waals surface area contributed by atoms with Crippen molar-refractivity contribution in [2.75, 3.05) is 13.7 Å². The summed E-state index contributed by atoms with van der Waals surface area (Å²) < 4.78 is 16.4. The number of fused-ring (bicyclic) bond motifs is 2. The molecular weight excluding hydrogens is 352 g/mol. The van der Waals surface area contributed by atoms with Gasteiger partial charge in [-0.1, -0.05) is 38.2 Å². The van der Waals surface area contributed by atoms with Gasteiger partial charge in [-0.25, -0.2) is 0 Å². The number of hydrogen-bond donors (Lipinski definition) is 0. The van der Waals surface area contributed by atoms with Gasteiger partial charge in [0.2, 0.25) is 0 Å². The summed E-state index contributed by atoms with van der Waals surface area (Å²) in [6.07, 6.45) is 11.3. The van der Waals surface area contributed by atoms with Gasteiger partial charge in [0, 0.05) is 10.9 Å². The highest BCUT2D eigenvalue weighted by molar-refractivity contribution is 5.98. The van der Waals surface area contributed by atoms with Gasteiger partial charge < -0.3 is 13.9 Å². The van der Waals surface area contributed by atoms with Gasteiger partial charge in [-0.15, -0.1) is 0 Å². The molecule has 0 atom stereocenters. The molecule has 0 radical (unpaired) electrons. The van der Waals surface area contributed by atoms with E-state index in [2.05, 4.69) is 18.2 Å². The van der Waals surface area contributed by atoms with Crippen molar-refractivity contribution >= 4 is 27.7 Å². The molecule has 4 rings (SSSR count). The molecule has 28 heavy (non-hydrogen) atoms. The van der Waals surface area contributed by atoms with Gasteiger partial charge in [-0.05, 0) is 53.8 Å². The Morgan fingerprint density at radius 1 is 1.11 bits per heavy atom. The highest BCUT2D eigenvalue weighted by Gasteiger charge is 2.14. The van der Waals surface area contributed by atoms with Crippen LogP contribution in [0.3, 0.4) is 0 Å². The Balaban J connectivity index is 1.43. The number of carbonyl (C=O) groups excluding carboxylic acids is 1. The molecule has 1 aromatic heterocycles. The van der Waals surface area contributed by atoms with Crippen LogP contribution < -0.4 is 4.74 Å². The zero-order valence-electron chi connectivity index (χ0n) is 16.5. The largest absolute Gasteiger partial charge is 0.494 e. The number of hydrogen-bond acceptors (Lipinski definition) is 4. The molecule has 0 N–H and O–H groups in total. The first kappa shape index (κ1) is 18.9. The maximum Gasteiger partial charge on any atom is 0.310 e. The Labute approximate surface area is 165 Å². The van der Waals surface area contributed by atoms with Crippen molar-refractivity contribution in [1.29, 1.82) is 0 Å². The number of ether oxygens (including phenoxy) is 2. The predicted molar refractivity (Wildman–Crippen MR) is 111 cm³/mol. The third-order valence-corrected chi connectivity index (χ3v) is 5.90. The number of rotatable bonds is 7. The SMILES string of the molecule is COC(=O)Cc1coc2cc3ccc(OCCCC4CCCCC4)cc3cc12. The Kier molecular flexibility index (Phi) is 5.84. The zero-order valence-corrected chi connectivity index (χ0v) is 16.5. The van der Waals surface area contributed by atoms with Crippen LogP contribution in [-0.4, -0.2) is 19.7 Å². The van der Waals surface area contributed by atoms with E-state index < -0.39 is 0 Å². The second kappa shape index (κ2) is 8.68. The first-order chi connectivity index (χ1) is 13.7. The minimum Gasteiger partial charge on any atom is -0.494 e. The summed E-state index contributed by atoms with van der Waals surface area (Å²) in [5.41, 5.74) is 1.63. The van der Waals surface area contributed by atoms with E-state index in [1.54, 1.807) is 6.26 Å². The van der Waals surface area contributed by atoms with Gasteiger partial charge in [0.15, 0.2) is 0 Å². The van der Waals surface area contributed by atoms with E-state index in [9.17, 15) is 4.79 Å². The maximum absolute atomic E-state index is 11.6.